The van der Waals surface area contributed by atoms with Crippen molar-refractivity contribution in [3.8, 4) is 0 Å². The van der Waals surface area contributed by atoms with E-state index in [1.165, 1.54) is 8.82 Å². The quantitative estimate of drug-likeness (QED) is 0.536. The number of H-pyrrole nitrogens is 1. The zero-order valence-corrected chi connectivity index (χ0v) is 21.2. The largest absolute Gasteiger partial charge is 0.379 e. The van der Waals surface area contributed by atoms with Gasteiger partial charge in [0.15, 0.2) is 5.65 Å². The summed E-state index contributed by atoms with van der Waals surface area (Å²) in [5.74, 6) is -0.272. The molecule has 5 rings (SSSR count). The van der Waals surface area contributed by atoms with Crippen molar-refractivity contribution in [3.63, 3.8) is 0 Å². The number of piperidine rings is 1. The Labute approximate surface area is 209 Å². The summed E-state index contributed by atoms with van der Waals surface area (Å²) in [6, 6.07) is 8.17. The molecule has 2 aliphatic rings. The summed E-state index contributed by atoms with van der Waals surface area (Å²) in [4.78, 5) is 32.8. The Hall–Kier alpha value is -3.22. The van der Waals surface area contributed by atoms with Crippen LogP contribution in [0.3, 0.4) is 0 Å². The van der Waals surface area contributed by atoms with Gasteiger partial charge < -0.3 is 9.64 Å². The maximum atomic E-state index is 13.8. The van der Waals surface area contributed by atoms with Gasteiger partial charge in [0.25, 0.3) is 11.5 Å². The lowest BCUT2D eigenvalue weighted by Gasteiger charge is -2.35. The van der Waals surface area contributed by atoms with Crippen molar-refractivity contribution in [2.24, 2.45) is 0 Å². The summed E-state index contributed by atoms with van der Waals surface area (Å²) in [5, 5.41) is 3.15. The number of hydrogen-bond acceptors (Lipinski definition) is 6. The highest BCUT2D eigenvalue weighted by Gasteiger charge is 2.32. The summed E-state index contributed by atoms with van der Waals surface area (Å²) in [7, 11) is -3.84. The Bertz CT molecular complexity index is 1460. The van der Waals surface area contributed by atoms with E-state index in [4.69, 9.17) is 4.74 Å². The van der Waals surface area contributed by atoms with E-state index in [0.29, 0.717) is 43.1 Å². The minimum Gasteiger partial charge on any atom is -0.379 e. The van der Waals surface area contributed by atoms with Crippen LogP contribution in [0.25, 0.3) is 5.65 Å². The summed E-state index contributed by atoms with van der Waals surface area (Å²) < 4.78 is 36.5. The number of fused-ring (bicyclic) bond motifs is 1. The Morgan fingerprint density at radius 3 is 2.67 bits per heavy atom. The zero-order valence-electron chi connectivity index (χ0n) is 20.4. The molecule has 0 radical (unpaired) electrons. The molecule has 192 valence electrons. The van der Waals surface area contributed by atoms with Crippen molar-refractivity contribution in [2.75, 3.05) is 37.6 Å². The molecule has 4 heterocycles. The van der Waals surface area contributed by atoms with E-state index >= 15 is 0 Å². The van der Waals surface area contributed by atoms with Gasteiger partial charge in [0, 0.05) is 37.0 Å². The van der Waals surface area contributed by atoms with E-state index in [-0.39, 0.29) is 41.8 Å². The van der Waals surface area contributed by atoms with E-state index in [2.05, 4.69) is 14.8 Å². The number of morpholine rings is 1. The van der Waals surface area contributed by atoms with Crippen molar-refractivity contribution in [1.29, 1.82) is 0 Å². The van der Waals surface area contributed by atoms with Crippen LogP contribution >= 0.6 is 0 Å². The Morgan fingerprint density at radius 2 is 1.89 bits per heavy atom. The lowest BCUT2D eigenvalue weighted by atomic mass is 9.98. The molecule has 2 N–H and O–H groups in total. The van der Waals surface area contributed by atoms with Gasteiger partial charge in [-0.1, -0.05) is 12.1 Å². The summed E-state index contributed by atoms with van der Waals surface area (Å²) in [6.45, 7) is 5.23. The molecule has 0 spiro atoms. The van der Waals surface area contributed by atoms with Crippen LogP contribution in [0.4, 0.5) is 5.69 Å². The van der Waals surface area contributed by atoms with Gasteiger partial charge in [-0.2, -0.15) is 12.7 Å². The number of nitrogens with one attached hydrogen (secondary N) is 2. The fourth-order valence-electron chi connectivity index (χ4n) is 4.81. The molecule has 0 saturated carbocycles. The SMILES string of the molecule is Cc1nc2cc(C3CCCCN3C(=O)c3ccccc3NS(=O)(=O)N3CCOCC3)[nH]n2c(=O)c1C. The third-order valence-corrected chi connectivity index (χ3v) is 8.46. The third-order valence-electron chi connectivity index (χ3n) is 6.93. The Balaban J connectivity index is 1.46. The Morgan fingerprint density at radius 1 is 1.14 bits per heavy atom. The number of benzene rings is 1. The highest BCUT2D eigenvalue weighted by molar-refractivity contribution is 7.90. The molecule has 3 aromatic rings. The number of rotatable bonds is 5. The minimum atomic E-state index is -3.84. The summed E-state index contributed by atoms with van der Waals surface area (Å²) in [6.07, 6.45) is 2.48. The second kappa shape index (κ2) is 9.68. The van der Waals surface area contributed by atoms with Crippen LogP contribution in [0.2, 0.25) is 0 Å². The number of nitrogens with zero attached hydrogens (tertiary/aromatic N) is 4. The first-order valence-corrected chi connectivity index (χ1v) is 13.5. The lowest BCUT2D eigenvalue weighted by Crippen LogP contribution is -2.44. The number of ether oxygens (including phenoxy) is 1. The van der Waals surface area contributed by atoms with E-state index in [0.717, 1.165) is 18.5 Å². The molecule has 2 aromatic heterocycles. The molecular weight excluding hydrogens is 484 g/mol. The van der Waals surface area contributed by atoms with Gasteiger partial charge in [0.2, 0.25) is 0 Å². The number of aromatic nitrogens is 3. The predicted molar refractivity (Wildman–Crippen MR) is 134 cm³/mol. The van der Waals surface area contributed by atoms with Gasteiger partial charge in [-0.3, -0.25) is 19.4 Å². The number of anilines is 1. The number of amides is 1. The average Bonchev–Trinajstić information content (AvgIpc) is 3.31. The van der Waals surface area contributed by atoms with Crippen LogP contribution in [0.15, 0.2) is 35.1 Å². The van der Waals surface area contributed by atoms with Gasteiger partial charge in [-0.15, -0.1) is 0 Å². The molecule has 1 amide bonds. The molecule has 12 heteroatoms. The molecule has 1 atom stereocenters. The number of para-hydroxylation sites is 1. The molecule has 36 heavy (non-hydrogen) atoms. The summed E-state index contributed by atoms with van der Waals surface area (Å²) in [5.41, 5.74) is 2.82. The van der Waals surface area contributed by atoms with Crippen LogP contribution in [-0.2, 0) is 14.9 Å². The average molecular weight is 515 g/mol. The van der Waals surface area contributed by atoms with E-state index < -0.39 is 10.2 Å². The predicted octanol–water partition coefficient (Wildman–Crippen LogP) is 2.00. The first-order chi connectivity index (χ1) is 17.3. The monoisotopic (exact) mass is 514 g/mol. The Kier molecular flexibility index (Phi) is 6.58. The molecule has 2 fully saturated rings. The van der Waals surface area contributed by atoms with Crippen molar-refractivity contribution < 1.29 is 17.9 Å². The fraction of sp³-hybridized carbons (Fsp3) is 0.458. The highest BCUT2D eigenvalue weighted by Crippen LogP contribution is 2.33. The van der Waals surface area contributed by atoms with Gasteiger partial charge in [-0.25, -0.2) is 9.50 Å². The smallest absolute Gasteiger partial charge is 0.301 e. The molecule has 2 aliphatic heterocycles. The maximum Gasteiger partial charge on any atom is 0.301 e. The van der Waals surface area contributed by atoms with Gasteiger partial charge >= 0.3 is 10.2 Å². The summed E-state index contributed by atoms with van der Waals surface area (Å²) >= 11 is 0. The van der Waals surface area contributed by atoms with Crippen LogP contribution < -0.4 is 10.3 Å². The molecular formula is C24H30N6O5S. The maximum absolute atomic E-state index is 13.8. The van der Waals surface area contributed by atoms with Crippen LogP contribution in [-0.4, -0.2) is 71.0 Å². The molecule has 1 unspecified atom stereocenters. The zero-order chi connectivity index (χ0) is 25.4. The topological polar surface area (TPSA) is 129 Å². The van der Waals surface area contributed by atoms with Crippen molar-refractivity contribution in [1.82, 2.24) is 23.8 Å². The van der Waals surface area contributed by atoms with E-state index in [1.807, 2.05) is 6.07 Å². The number of carbonyl (C=O) groups excluding carboxylic acids is 1. The minimum absolute atomic E-state index is 0.166. The van der Waals surface area contributed by atoms with Crippen LogP contribution in [0.1, 0.15) is 52.6 Å². The first kappa shape index (κ1) is 24.5. The molecule has 0 bridgehead atoms. The van der Waals surface area contributed by atoms with Gasteiger partial charge in [0.05, 0.1) is 36.2 Å². The number of aromatic amines is 1. The second-order valence-corrected chi connectivity index (χ2v) is 10.9. The van der Waals surface area contributed by atoms with Crippen molar-refractivity contribution >= 4 is 27.5 Å². The van der Waals surface area contributed by atoms with Crippen LogP contribution in [0.5, 0.6) is 0 Å². The van der Waals surface area contributed by atoms with Gasteiger partial charge in [-0.05, 0) is 45.2 Å². The molecule has 2 saturated heterocycles. The molecule has 0 aliphatic carbocycles. The number of likely N-dealkylation sites (tertiary alicyclic amines) is 1. The van der Waals surface area contributed by atoms with Crippen LogP contribution in [0, 0.1) is 13.8 Å². The first-order valence-electron chi connectivity index (χ1n) is 12.1. The number of hydrogen-bond donors (Lipinski definition) is 2. The highest BCUT2D eigenvalue weighted by atomic mass is 32.2. The van der Waals surface area contributed by atoms with E-state index in [9.17, 15) is 18.0 Å². The van der Waals surface area contributed by atoms with E-state index in [1.54, 1.807) is 43.0 Å². The molecule has 1 aromatic carbocycles. The van der Waals surface area contributed by atoms with Crippen molar-refractivity contribution in [3.05, 3.63) is 63.2 Å². The van der Waals surface area contributed by atoms with Crippen molar-refractivity contribution in [2.45, 2.75) is 39.2 Å². The number of aryl methyl sites for hydroxylation is 1. The fourth-order valence-corrected chi connectivity index (χ4v) is 6.02. The standard InChI is InChI=1S/C24H30N6O5S/c1-16-17(2)25-22-15-20(26-30(22)23(16)31)21-9-5-6-10-29(21)24(32)18-7-3-4-8-19(18)27-36(33,34)28-11-13-35-14-12-28/h3-4,7-8,15,21,26-27H,5-6,9-14H2,1-2H3. The lowest BCUT2D eigenvalue weighted by molar-refractivity contribution is 0.0606. The number of carbonyl (C=O) groups is 1. The second-order valence-electron chi connectivity index (χ2n) is 9.21. The normalized spacial score (nSPS) is 19.5. The third kappa shape index (κ3) is 4.51. The van der Waals surface area contributed by atoms with Gasteiger partial charge in [0.1, 0.15) is 0 Å². The molecule has 11 nitrogen and oxygen atoms in total.